The molecule has 1 unspecified atom stereocenters. The van der Waals surface area contributed by atoms with Crippen LogP contribution in [-0.2, 0) is 17.1 Å². The maximum atomic E-state index is 12.7. The fourth-order valence-corrected chi connectivity index (χ4v) is 3.65. The number of halogens is 2. The number of hydrogen-bond donors (Lipinski definition) is 2. The van der Waals surface area contributed by atoms with Gasteiger partial charge in [0.15, 0.2) is 5.69 Å². The topological polar surface area (TPSA) is 101 Å². The summed E-state index contributed by atoms with van der Waals surface area (Å²) >= 11 is 0. The number of aryl methyl sites for hydroxylation is 2. The van der Waals surface area contributed by atoms with Gasteiger partial charge in [-0.3, -0.25) is 4.68 Å². The second-order valence-corrected chi connectivity index (χ2v) is 6.74. The van der Waals surface area contributed by atoms with Crippen LogP contribution < -0.4 is 4.72 Å². The van der Waals surface area contributed by atoms with Crippen molar-refractivity contribution in [2.45, 2.75) is 30.6 Å². The summed E-state index contributed by atoms with van der Waals surface area (Å²) in [6, 6.07) is 0. The Morgan fingerprint density at radius 2 is 2.14 bits per heavy atom. The normalized spacial score (nSPS) is 20.5. The number of carbonyl (C=O) groups is 1. The molecule has 1 heterocycles. The number of hydrogen-bond acceptors (Lipinski definition) is 4. The largest absolute Gasteiger partial charge is 0.476 e. The molecule has 7 nitrogen and oxygen atoms in total. The van der Waals surface area contributed by atoms with E-state index in [9.17, 15) is 22.0 Å². The minimum absolute atomic E-state index is 0.00788. The Kier molecular flexibility index (Phi) is 3.79. The highest BCUT2D eigenvalue weighted by Crippen LogP contribution is 2.50. The molecule has 1 aromatic rings. The van der Waals surface area contributed by atoms with Crippen LogP contribution in [0, 0.1) is 12.8 Å². The number of aromatic nitrogens is 2. The van der Waals surface area contributed by atoms with E-state index in [1.165, 1.54) is 14.0 Å². The quantitative estimate of drug-likeness (QED) is 0.804. The van der Waals surface area contributed by atoms with Gasteiger partial charge in [0.05, 0.1) is 5.69 Å². The van der Waals surface area contributed by atoms with Crippen molar-refractivity contribution in [2.75, 3.05) is 6.54 Å². The van der Waals surface area contributed by atoms with Gasteiger partial charge in [0.25, 0.3) is 5.92 Å². The zero-order valence-electron chi connectivity index (χ0n) is 11.4. The Labute approximate surface area is 120 Å². The van der Waals surface area contributed by atoms with E-state index in [-0.39, 0.29) is 25.1 Å². The van der Waals surface area contributed by atoms with Crippen LogP contribution in [-0.4, -0.2) is 41.7 Å². The highest BCUT2D eigenvalue weighted by molar-refractivity contribution is 7.89. The number of alkyl halides is 2. The molecular weight excluding hydrogens is 308 g/mol. The van der Waals surface area contributed by atoms with E-state index < -0.39 is 38.4 Å². The Balaban J connectivity index is 2.14. The maximum Gasteiger partial charge on any atom is 0.355 e. The number of carboxylic acids is 1. The van der Waals surface area contributed by atoms with Crippen molar-refractivity contribution in [2.24, 2.45) is 13.0 Å². The molecule has 0 saturated heterocycles. The summed E-state index contributed by atoms with van der Waals surface area (Å²) in [6.45, 7) is 1.20. The van der Waals surface area contributed by atoms with Gasteiger partial charge in [-0.25, -0.2) is 26.7 Å². The van der Waals surface area contributed by atoms with Gasteiger partial charge < -0.3 is 5.11 Å². The predicted molar refractivity (Wildman–Crippen MR) is 67.8 cm³/mol. The summed E-state index contributed by atoms with van der Waals surface area (Å²) in [5.41, 5.74) is -0.420. The third-order valence-electron chi connectivity index (χ3n) is 3.38. The molecule has 2 N–H and O–H groups in total. The molecule has 1 aliphatic rings. The van der Waals surface area contributed by atoms with Crippen molar-refractivity contribution in [1.82, 2.24) is 14.5 Å². The number of nitrogens with zero attached hydrogens (tertiary/aromatic N) is 2. The molecule has 0 aliphatic heterocycles. The lowest BCUT2D eigenvalue weighted by Gasteiger charge is -2.07. The molecule has 0 amide bonds. The van der Waals surface area contributed by atoms with E-state index in [1.54, 1.807) is 0 Å². The van der Waals surface area contributed by atoms with Crippen LogP contribution >= 0.6 is 0 Å². The molecule has 1 aliphatic carbocycles. The summed E-state index contributed by atoms with van der Waals surface area (Å²) in [5, 5.41) is 12.8. The van der Waals surface area contributed by atoms with E-state index in [0.29, 0.717) is 0 Å². The molecule has 21 heavy (non-hydrogen) atoms. The average Bonchev–Trinajstić information content (AvgIpc) is 2.77. The Morgan fingerprint density at radius 1 is 1.57 bits per heavy atom. The maximum absolute atomic E-state index is 12.7. The van der Waals surface area contributed by atoms with Crippen molar-refractivity contribution in [3.05, 3.63) is 11.4 Å². The summed E-state index contributed by atoms with van der Waals surface area (Å²) in [5.74, 6) is -4.94. The smallest absolute Gasteiger partial charge is 0.355 e. The fourth-order valence-electron chi connectivity index (χ4n) is 2.22. The standard InChI is InChI=1S/C11H15F2N3O4S/c1-6-9(8(10(17)18)16(2)15-6)21(19,20)14-4-3-7-5-11(7,12)13/h7,14H,3-5H2,1-2H3,(H,17,18). The summed E-state index contributed by atoms with van der Waals surface area (Å²) in [6.07, 6.45) is -0.227. The summed E-state index contributed by atoms with van der Waals surface area (Å²) < 4.78 is 52.8. The number of carboxylic acid groups (broad SMARTS) is 1. The predicted octanol–water partition coefficient (Wildman–Crippen LogP) is 0.750. The third-order valence-corrected chi connectivity index (χ3v) is 4.99. The van der Waals surface area contributed by atoms with Gasteiger partial charge in [0, 0.05) is 25.9 Å². The van der Waals surface area contributed by atoms with Crippen LogP contribution in [0.5, 0.6) is 0 Å². The van der Waals surface area contributed by atoms with Crippen LogP contribution in [0.25, 0.3) is 0 Å². The molecule has 0 spiro atoms. The van der Waals surface area contributed by atoms with Crippen LogP contribution in [0.4, 0.5) is 8.78 Å². The third kappa shape index (κ3) is 3.05. The molecule has 1 saturated carbocycles. The first-order valence-corrected chi connectivity index (χ1v) is 7.69. The van der Waals surface area contributed by atoms with Crippen molar-refractivity contribution in [3.8, 4) is 0 Å². The number of nitrogens with one attached hydrogen (secondary N) is 1. The monoisotopic (exact) mass is 323 g/mol. The second-order valence-electron chi connectivity index (χ2n) is 5.04. The van der Waals surface area contributed by atoms with Gasteiger partial charge in [0.2, 0.25) is 10.0 Å². The molecule has 1 atom stereocenters. The van der Waals surface area contributed by atoms with Crippen LogP contribution in [0.15, 0.2) is 4.90 Å². The van der Waals surface area contributed by atoms with E-state index in [0.717, 1.165) is 4.68 Å². The first-order valence-electron chi connectivity index (χ1n) is 6.20. The van der Waals surface area contributed by atoms with Crippen molar-refractivity contribution in [1.29, 1.82) is 0 Å². The first-order chi connectivity index (χ1) is 9.56. The van der Waals surface area contributed by atoms with Crippen LogP contribution in [0.3, 0.4) is 0 Å². The second kappa shape index (κ2) is 5.02. The molecule has 1 fully saturated rings. The Bertz CT molecular complexity index is 684. The Morgan fingerprint density at radius 3 is 2.62 bits per heavy atom. The number of aromatic carboxylic acids is 1. The minimum atomic E-state index is -4.11. The zero-order chi connectivity index (χ0) is 16.0. The average molecular weight is 323 g/mol. The highest BCUT2D eigenvalue weighted by Gasteiger charge is 2.56. The zero-order valence-corrected chi connectivity index (χ0v) is 12.2. The van der Waals surface area contributed by atoms with E-state index in [1.807, 2.05) is 0 Å². The van der Waals surface area contributed by atoms with Gasteiger partial charge in [-0.15, -0.1) is 0 Å². The van der Waals surface area contributed by atoms with Crippen LogP contribution in [0.1, 0.15) is 29.0 Å². The van der Waals surface area contributed by atoms with Gasteiger partial charge in [0.1, 0.15) is 4.90 Å². The van der Waals surface area contributed by atoms with Crippen molar-refractivity contribution >= 4 is 16.0 Å². The van der Waals surface area contributed by atoms with Crippen LogP contribution in [0.2, 0.25) is 0 Å². The lowest BCUT2D eigenvalue weighted by molar-refractivity contribution is 0.0680. The lowest BCUT2D eigenvalue weighted by atomic mass is 10.3. The fraction of sp³-hybridized carbons (Fsp3) is 0.636. The van der Waals surface area contributed by atoms with Gasteiger partial charge in [-0.05, 0) is 13.3 Å². The summed E-state index contributed by atoms with van der Waals surface area (Å²) in [7, 11) is -2.79. The SMILES string of the molecule is Cc1nn(C)c(C(=O)O)c1S(=O)(=O)NCCC1CC1(F)F. The van der Waals surface area contributed by atoms with E-state index in [2.05, 4.69) is 9.82 Å². The van der Waals surface area contributed by atoms with E-state index >= 15 is 0 Å². The molecule has 2 rings (SSSR count). The molecule has 10 heteroatoms. The minimum Gasteiger partial charge on any atom is -0.476 e. The van der Waals surface area contributed by atoms with Gasteiger partial charge in [-0.1, -0.05) is 0 Å². The lowest BCUT2D eigenvalue weighted by Crippen LogP contribution is -2.27. The van der Waals surface area contributed by atoms with Crippen molar-refractivity contribution < 1.29 is 27.1 Å². The summed E-state index contributed by atoms with van der Waals surface area (Å²) in [4.78, 5) is 10.7. The number of rotatable bonds is 6. The molecule has 0 bridgehead atoms. The van der Waals surface area contributed by atoms with Crippen molar-refractivity contribution in [3.63, 3.8) is 0 Å². The molecule has 0 aromatic carbocycles. The molecule has 0 radical (unpaired) electrons. The highest BCUT2D eigenvalue weighted by atomic mass is 32.2. The molecular formula is C11H15F2N3O4S. The number of sulfonamides is 1. The van der Waals surface area contributed by atoms with Gasteiger partial charge >= 0.3 is 5.97 Å². The first kappa shape index (κ1) is 15.8. The molecule has 1 aromatic heterocycles. The molecule has 118 valence electrons. The Hall–Kier alpha value is -1.55. The van der Waals surface area contributed by atoms with E-state index in [4.69, 9.17) is 5.11 Å². The van der Waals surface area contributed by atoms with Gasteiger partial charge in [-0.2, -0.15) is 5.10 Å².